The lowest BCUT2D eigenvalue weighted by molar-refractivity contribution is 0.0825. The second-order valence-electron chi connectivity index (χ2n) is 6.61. The highest BCUT2D eigenvalue weighted by Gasteiger charge is 2.28. The van der Waals surface area contributed by atoms with E-state index in [0.717, 1.165) is 24.8 Å². The lowest BCUT2D eigenvalue weighted by Gasteiger charge is -2.26. The van der Waals surface area contributed by atoms with Crippen LogP contribution < -0.4 is 0 Å². The molecule has 1 fully saturated rings. The van der Waals surface area contributed by atoms with Gasteiger partial charge in [0.15, 0.2) is 17.3 Å². The van der Waals surface area contributed by atoms with E-state index >= 15 is 0 Å². The highest BCUT2D eigenvalue weighted by Crippen LogP contribution is 2.27. The maximum Gasteiger partial charge on any atom is 0.198 e. The van der Waals surface area contributed by atoms with E-state index in [4.69, 9.17) is 4.42 Å². The van der Waals surface area contributed by atoms with Gasteiger partial charge in [-0.1, -0.05) is 13.8 Å². The van der Waals surface area contributed by atoms with E-state index in [1.807, 2.05) is 27.0 Å². The molecule has 4 nitrogen and oxygen atoms in total. The molecule has 0 aliphatic heterocycles. The largest absolute Gasteiger partial charge is 0.437 e. The molecule has 0 radical (unpaired) electrons. The maximum atomic E-state index is 14.2. The maximum absolute atomic E-state index is 14.2. The summed E-state index contributed by atoms with van der Waals surface area (Å²) in [7, 11) is 1.98. The Balaban J connectivity index is 1.84. The summed E-state index contributed by atoms with van der Waals surface area (Å²) in [5.74, 6) is 0.324. The number of fused-ring (bicyclic) bond motifs is 1. The van der Waals surface area contributed by atoms with E-state index in [1.54, 1.807) is 0 Å². The zero-order chi connectivity index (χ0) is 15.9. The molecule has 0 spiro atoms. The van der Waals surface area contributed by atoms with Gasteiger partial charge in [-0.25, -0.2) is 9.37 Å². The van der Waals surface area contributed by atoms with Gasteiger partial charge in [0, 0.05) is 18.5 Å². The third kappa shape index (κ3) is 2.88. The van der Waals surface area contributed by atoms with Crippen molar-refractivity contribution in [3.8, 4) is 0 Å². The minimum absolute atomic E-state index is 0.131. The van der Waals surface area contributed by atoms with Gasteiger partial charge in [-0.2, -0.15) is 0 Å². The van der Waals surface area contributed by atoms with Crippen molar-refractivity contribution in [1.82, 2.24) is 9.88 Å². The van der Waals surface area contributed by atoms with Crippen LogP contribution in [0.25, 0.3) is 11.1 Å². The molecule has 0 bridgehead atoms. The van der Waals surface area contributed by atoms with Gasteiger partial charge in [0.1, 0.15) is 5.52 Å². The van der Waals surface area contributed by atoms with Crippen molar-refractivity contribution in [2.24, 2.45) is 0 Å². The predicted molar refractivity (Wildman–Crippen MR) is 83.2 cm³/mol. The Hall–Kier alpha value is -1.46. The van der Waals surface area contributed by atoms with Gasteiger partial charge >= 0.3 is 0 Å². The summed E-state index contributed by atoms with van der Waals surface area (Å²) < 4.78 is 19.7. The van der Waals surface area contributed by atoms with Crippen LogP contribution in [-0.2, 0) is 6.54 Å². The van der Waals surface area contributed by atoms with Crippen molar-refractivity contribution < 1.29 is 13.9 Å². The van der Waals surface area contributed by atoms with Crippen molar-refractivity contribution >= 4 is 11.1 Å². The average Bonchev–Trinajstić information content (AvgIpc) is 3.04. The zero-order valence-corrected chi connectivity index (χ0v) is 13.3. The van der Waals surface area contributed by atoms with Crippen LogP contribution >= 0.6 is 0 Å². The summed E-state index contributed by atoms with van der Waals surface area (Å²) in [4.78, 5) is 6.48. The van der Waals surface area contributed by atoms with Crippen LogP contribution in [0.1, 0.15) is 50.5 Å². The van der Waals surface area contributed by atoms with E-state index < -0.39 is 0 Å². The fourth-order valence-corrected chi connectivity index (χ4v) is 3.24. The van der Waals surface area contributed by atoms with Crippen LogP contribution in [0.4, 0.5) is 4.39 Å². The molecule has 2 atom stereocenters. The first-order valence-corrected chi connectivity index (χ1v) is 7.93. The lowest BCUT2D eigenvalue weighted by atomic mass is 10.1. The van der Waals surface area contributed by atoms with Gasteiger partial charge in [0.25, 0.3) is 0 Å². The highest BCUT2D eigenvalue weighted by atomic mass is 19.1. The fourth-order valence-electron chi connectivity index (χ4n) is 3.24. The second-order valence-corrected chi connectivity index (χ2v) is 6.61. The summed E-state index contributed by atoms with van der Waals surface area (Å²) >= 11 is 0. The van der Waals surface area contributed by atoms with Crippen LogP contribution in [0.2, 0.25) is 0 Å². The van der Waals surface area contributed by atoms with Crippen LogP contribution in [-0.4, -0.2) is 34.2 Å². The lowest BCUT2D eigenvalue weighted by Crippen LogP contribution is -2.36. The normalized spacial score (nSPS) is 22.3. The average molecular weight is 306 g/mol. The minimum atomic E-state index is -0.368. The van der Waals surface area contributed by atoms with Crippen LogP contribution in [0, 0.1) is 5.82 Å². The summed E-state index contributed by atoms with van der Waals surface area (Å²) in [6.07, 6.45) is 2.61. The fraction of sp³-hybridized carbons (Fsp3) is 0.588. The number of benzene rings is 1. The molecule has 1 saturated carbocycles. The topological polar surface area (TPSA) is 49.5 Å². The van der Waals surface area contributed by atoms with Gasteiger partial charge < -0.3 is 9.52 Å². The number of aliphatic hydroxyl groups excluding tert-OH is 1. The summed E-state index contributed by atoms with van der Waals surface area (Å²) in [5, 5.41) is 9.99. The van der Waals surface area contributed by atoms with E-state index in [2.05, 4.69) is 9.88 Å². The Morgan fingerprint density at radius 2 is 2.18 bits per heavy atom. The van der Waals surface area contributed by atoms with E-state index in [9.17, 15) is 9.50 Å². The molecule has 1 N–H and O–H groups in total. The van der Waals surface area contributed by atoms with Gasteiger partial charge in [0.2, 0.25) is 0 Å². The first-order valence-electron chi connectivity index (χ1n) is 7.93. The van der Waals surface area contributed by atoms with Crippen LogP contribution in [0.15, 0.2) is 16.5 Å². The molecule has 22 heavy (non-hydrogen) atoms. The number of aromatic nitrogens is 1. The summed E-state index contributed by atoms with van der Waals surface area (Å²) in [6.45, 7) is 4.54. The molecule has 1 aliphatic carbocycles. The van der Waals surface area contributed by atoms with Gasteiger partial charge in [-0.3, -0.25) is 4.90 Å². The highest BCUT2D eigenvalue weighted by molar-refractivity contribution is 5.74. The van der Waals surface area contributed by atoms with Gasteiger partial charge in [-0.05, 0) is 44.0 Å². The van der Waals surface area contributed by atoms with Gasteiger partial charge in [-0.15, -0.1) is 0 Å². The van der Waals surface area contributed by atoms with Crippen molar-refractivity contribution in [3.63, 3.8) is 0 Å². The molecule has 2 aromatic rings. The van der Waals surface area contributed by atoms with E-state index in [1.165, 1.54) is 6.07 Å². The first-order chi connectivity index (χ1) is 10.5. The Bertz CT molecular complexity index is 668. The molecule has 1 aromatic carbocycles. The molecule has 3 rings (SSSR count). The number of hydrogen-bond donors (Lipinski definition) is 1. The Morgan fingerprint density at radius 1 is 1.41 bits per heavy atom. The smallest absolute Gasteiger partial charge is 0.198 e. The van der Waals surface area contributed by atoms with Crippen molar-refractivity contribution in [1.29, 1.82) is 0 Å². The zero-order valence-electron chi connectivity index (χ0n) is 13.3. The summed E-state index contributed by atoms with van der Waals surface area (Å²) in [5.41, 5.74) is 1.66. The van der Waals surface area contributed by atoms with Crippen molar-refractivity contribution in [3.05, 3.63) is 29.4 Å². The third-order valence-electron chi connectivity index (χ3n) is 4.46. The number of oxazole rings is 1. The number of nitrogens with zero attached hydrogens (tertiary/aromatic N) is 2. The monoisotopic (exact) mass is 306 g/mol. The van der Waals surface area contributed by atoms with E-state index in [0.29, 0.717) is 18.0 Å². The number of rotatable bonds is 4. The minimum Gasteiger partial charge on any atom is -0.437 e. The third-order valence-corrected chi connectivity index (χ3v) is 4.46. The molecular weight excluding hydrogens is 283 g/mol. The Labute approximate surface area is 129 Å². The SMILES string of the molecule is CC(C)c1nc2cc(CN(C)[C@@H]3CCC[C@@H]3O)cc(F)c2o1. The number of aliphatic hydroxyl groups is 1. The predicted octanol–water partition coefficient (Wildman–Crippen LogP) is 3.44. The Kier molecular flexibility index (Phi) is 4.19. The first kappa shape index (κ1) is 15.4. The summed E-state index contributed by atoms with van der Waals surface area (Å²) in [6, 6.07) is 3.54. The number of halogens is 1. The molecule has 1 heterocycles. The van der Waals surface area contributed by atoms with Crippen molar-refractivity contribution in [2.75, 3.05) is 7.05 Å². The number of likely N-dealkylation sites (N-methyl/N-ethyl adjacent to an activating group) is 1. The number of hydrogen-bond acceptors (Lipinski definition) is 4. The molecule has 1 aromatic heterocycles. The van der Waals surface area contributed by atoms with E-state index in [-0.39, 0.29) is 29.5 Å². The quantitative estimate of drug-likeness (QED) is 0.940. The molecular formula is C17H23FN2O2. The molecule has 0 amide bonds. The molecule has 120 valence electrons. The molecule has 0 saturated heterocycles. The molecule has 5 heteroatoms. The molecule has 1 aliphatic rings. The van der Waals surface area contributed by atoms with Gasteiger partial charge in [0.05, 0.1) is 6.10 Å². The molecule has 0 unspecified atom stereocenters. The van der Waals surface area contributed by atoms with Crippen molar-refractivity contribution in [2.45, 2.75) is 57.7 Å². The Morgan fingerprint density at radius 3 is 2.82 bits per heavy atom. The van der Waals surface area contributed by atoms with Crippen LogP contribution in [0.3, 0.4) is 0 Å². The van der Waals surface area contributed by atoms with Crippen LogP contribution in [0.5, 0.6) is 0 Å². The standard InChI is InChI=1S/C17H23FN2O2/c1-10(2)17-19-13-8-11(7-12(18)16(13)22-17)9-20(3)14-5-4-6-15(14)21/h7-8,10,14-15,21H,4-6,9H2,1-3H3/t14-,15+/m1/s1. The second kappa shape index (κ2) is 5.97.